The Hall–Kier alpha value is -1.27. The Morgan fingerprint density at radius 2 is 2.31 bits per heavy atom. The lowest BCUT2D eigenvalue weighted by molar-refractivity contribution is 0.630. The van der Waals surface area contributed by atoms with E-state index in [9.17, 15) is 4.39 Å². The van der Waals surface area contributed by atoms with E-state index in [-0.39, 0.29) is 5.69 Å². The summed E-state index contributed by atoms with van der Waals surface area (Å²) in [5.74, 6) is -0.398. The summed E-state index contributed by atoms with van der Waals surface area (Å²) in [5, 5.41) is 11.4. The zero-order valence-corrected chi connectivity index (χ0v) is 7.61. The van der Waals surface area contributed by atoms with E-state index in [4.69, 9.17) is 16.9 Å². The molecule has 0 unspecified atom stereocenters. The SMILES string of the molecule is N#CCCNc1c(F)cccc1Cl. The highest BCUT2D eigenvalue weighted by molar-refractivity contribution is 6.33. The van der Waals surface area contributed by atoms with Crippen LogP contribution in [0.2, 0.25) is 5.02 Å². The van der Waals surface area contributed by atoms with Crippen LogP contribution in [0.15, 0.2) is 18.2 Å². The van der Waals surface area contributed by atoms with Gasteiger partial charge < -0.3 is 5.32 Å². The first kappa shape index (κ1) is 9.82. The summed E-state index contributed by atoms with van der Waals surface area (Å²) in [6.07, 6.45) is 0.324. The standard InChI is InChI=1S/C9H8ClFN2/c10-7-3-1-4-8(11)9(7)13-6-2-5-12/h1,3-4,13H,2,6H2. The number of nitrogens with zero attached hydrogens (tertiary/aromatic N) is 1. The summed E-state index contributed by atoms with van der Waals surface area (Å²) in [5.41, 5.74) is 0.263. The molecule has 0 saturated carbocycles. The minimum absolute atomic E-state index is 0.263. The van der Waals surface area contributed by atoms with E-state index in [2.05, 4.69) is 5.32 Å². The number of halogens is 2. The first-order chi connectivity index (χ1) is 6.25. The maximum Gasteiger partial charge on any atom is 0.147 e. The van der Waals surface area contributed by atoms with Crippen molar-refractivity contribution >= 4 is 17.3 Å². The summed E-state index contributed by atoms with van der Waals surface area (Å²) < 4.78 is 13.0. The lowest BCUT2D eigenvalue weighted by Crippen LogP contribution is -2.02. The van der Waals surface area contributed by atoms with Crippen molar-refractivity contribution in [1.82, 2.24) is 0 Å². The lowest BCUT2D eigenvalue weighted by Gasteiger charge is -2.06. The highest BCUT2D eigenvalue weighted by Crippen LogP contribution is 2.24. The predicted molar refractivity (Wildman–Crippen MR) is 50.1 cm³/mol. The average Bonchev–Trinajstić information content (AvgIpc) is 2.10. The van der Waals surface area contributed by atoms with Crippen LogP contribution in [-0.4, -0.2) is 6.54 Å². The van der Waals surface area contributed by atoms with E-state index in [1.165, 1.54) is 12.1 Å². The smallest absolute Gasteiger partial charge is 0.147 e. The number of nitrogens with one attached hydrogen (secondary N) is 1. The zero-order valence-electron chi connectivity index (χ0n) is 6.85. The van der Waals surface area contributed by atoms with Gasteiger partial charge in [0.1, 0.15) is 5.82 Å². The van der Waals surface area contributed by atoms with Crippen LogP contribution in [0.1, 0.15) is 6.42 Å². The Labute approximate surface area is 80.9 Å². The average molecular weight is 199 g/mol. The molecule has 0 aliphatic heterocycles. The van der Waals surface area contributed by atoms with Gasteiger partial charge in [-0.15, -0.1) is 0 Å². The van der Waals surface area contributed by atoms with Crippen LogP contribution in [0.5, 0.6) is 0 Å². The molecular weight excluding hydrogens is 191 g/mol. The van der Waals surface area contributed by atoms with Gasteiger partial charge in [0.2, 0.25) is 0 Å². The fourth-order valence-corrected chi connectivity index (χ4v) is 1.14. The Kier molecular flexibility index (Phi) is 3.53. The van der Waals surface area contributed by atoms with Gasteiger partial charge >= 0.3 is 0 Å². The Morgan fingerprint density at radius 1 is 1.54 bits per heavy atom. The van der Waals surface area contributed by atoms with Gasteiger partial charge in [0, 0.05) is 6.54 Å². The summed E-state index contributed by atoms with van der Waals surface area (Å²) in [7, 11) is 0. The normalized spacial score (nSPS) is 9.31. The van der Waals surface area contributed by atoms with E-state index in [1.54, 1.807) is 6.07 Å². The quantitative estimate of drug-likeness (QED) is 0.759. The van der Waals surface area contributed by atoms with E-state index >= 15 is 0 Å². The molecule has 0 radical (unpaired) electrons. The second kappa shape index (κ2) is 4.68. The third kappa shape index (κ3) is 2.60. The zero-order chi connectivity index (χ0) is 9.68. The van der Waals surface area contributed by atoms with Gasteiger partial charge in [-0.25, -0.2) is 4.39 Å². The first-order valence-corrected chi connectivity index (χ1v) is 4.18. The number of hydrogen-bond acceptors (Lipinski definition) is 2. The molecule has 1 aromatic rings. The van der Waals surface area contributed by atoms with Crippen LogP contribution in [0.4, 0.5) is 10.1 Å². The Balaban J connectivity index is 2.71. The fraction of sp³-hybridized carbons (Fsp3) is 0.222. The molecule has 2 nitrogen and oxygen atoms in total. The van der Waals surface area contributed by atoms with Crippen molar-refractivity contribution in [2.75, 3.05) is 11.9 Å². The summed E-state index contributed by atoms with van der Waals surface area (Å²) >= 11 is 5.72. The number of para-hydroxylation sites is 1. The molecule has 68 valence electrons. The van der Waals surface area contributed by atoms with Crippen LogP contribution in [0.25, 0.3) is 0 Å². The molecule has 13 heavy (non-hydrogen) atoms. The van der Waals surface area contributed by atoms with Gasteiger partial charge in [-0.05, 0) is 12.1 Å². The van der Waals surface area contributed by atoms with Gasteiger partial charge in [0.25, 0.3) is 0 Å². The van der Waals surface area contributed by atoms with Gasteiger partial charge in [0.15, 0.2) is 0 Å². The van der Waals surface area contributed by atoms with Crippen LogP contribution >= 0.6 is 11.6 Å². The van der Waals surface area contributed by atoms with E-state index in [0.29, 0.717) is 18.0 Å². The molecule has 1 rings (SSSR count). The monoisotopic (exact) mass is 198 g/mol. The third-order valence-electron chi connectivity index (χ3n) is 1.50. The maximum atomic E-state index is 13.0. The van der Waals surface area contributed by atoms with Crippen LogP contribution < -0.4 is 5.32 Å². The number of rotatable bonds is 3. The van der Waals surface area contributed by atoms with Gasteiger partial charge in [0.05, 0.1) is 23.2 Å². The molecule has 0 aromatic heterocycles. The minimum atomic E-state index is -0.398. The van der Waals surface area contributed by atoms with Crippen molar-refractivity contribution in [3.63, 3.8) is 0 Å². The molecular formula is C9H8ClFN2. The molecule has 1 N–H and O–H groups in total. The van der Waals surface area contributed by atoms with Gasteiger partial charge in [-0.2, -0.15) is 5.26 Å². The molecule has 0 heterocycles. The highest BCUT2D eigenvalue weighted by Gasteiger charge is 2.04. The topological polar surface area (TPSA) is 35.8 Å². The summed E-state index contributed by atoms with van der Waals surface area (Å²) in [4.78, 5) is 0. The fourth-order valence-electron chi connectivity index (χ4n) is 0.910. The molecule has 0 spiro atoms. The second-order valence-electron chi connectivity index (χ2n) is 2.43. The number of anilines is 1. The molecule has 0 aliphatic rings. The second-order valence-corrected chi connectivity index (χ2v) is 2.84. The summed E-state index contributed by atoms with van der Waals surface area (Å²) in [6, 6.07) is 6.40. The first-order valence-electron chi connectivity index (χ1n) is 3.80. The van der Waals surface area contributed by atoms with Crippen molar-refractivity contribution in [3.8, 4) is 6.07 Å². The molecule has 0 atom stereocenters. The summed E-state index contributed by atoms with van der Waals surface area (Å²) in [6.45, 7) is 0.400. The van der Waals surface area contributed by atoms with E-state index in [0.717, 1.165) is 0 Å². The molecule has 0 fully saturated rings. The van der Waals surface area contributed by atoms with E-state index < -0.39 is 5.82 Å². The van der Waals surface area contributed by atoms with Crippen LogP contribution in [0.3, 0.4) is 0 Å². The molecule has 1 aromatic carbocycles. The Bertz CT molecular complexity index is 313. The Morgan fingerprint density at radius 3 is 2.92 bits per heavy atom. The largest absolute Gasteiger partial charge is 0.380 e. The van der Waals surface area contributed by atoms with E-state index in [1.807, 2.05) is 6.07 Å². The number of benzene rings is 1. The molecule has 4 heteroatoms. The van der Waals surface area contributed by atoms with Crippen molar-refractivity contribution in [2.24, 2.45) is 0 Å². The maximum absolute atomic E-state index is 13.0. The minimum Gasteiger partial charge on any atom is -0.380 e. The predicted octanol–water partition coefficient (Wildman–Crippen LogP) is 2.80. The van der Waals surface area contributed by atoms with Crippen molar-refractivity contribution in [2.45, 2.75) is 6.42 Å². The lowest BCUT2D eigenvalue weighted by atomic mass is 10.3. The van der Waals surface area contributed by atoms with Crippen molar-refractivity contribution < 1.29 is 4.39 Å². The van der Waals surface area contributed by atoms with Crippen LogP contribution in [0, 0.1) is 17.1 Å². The van der Waals surface area contributed by atoms with Crippen LogP contribution in [-0.2, 0) is 0 Å². The van der Waals surface area contributed by atoms with Gasteiger partial charge in [-0.1, -0.05) is 17.7 Å². The van der Waals surface area contributed by atoms with Crippen molar-refractivity contribution in [3.05, 3.63) is 29.0 Å². The molecule has 0 bridgehead atoms. The molecule has 0 saturated heterocycles. The number of nitriles is 1. The highest BCUT2D eigenvalue weighted by atomic mass is 35.5. The number of hydrogen-bond donors (Lipinski definition) is 1. The molecule has 0 aliphatic carbocycles. The third-order valence-corrected chi connectivity index (χ3v) is 1.82. The molecule has 0 amide bonds. The van der Waals surface area contributed by atoms with Crippen molar-refractivity contribution in [1.29, 1.82) is 5.26 Å². The van der Waals surface area contributed by atoms with Gasteiger partial charge in [-0.3, -0.25) is 0 Å².